The molecule has 0 aromatic carbocycles. The van der Waals surface area contributed by atoms with Gasteiger partial charge in [0.25, 0.3) is 0 Å². The number of fused-ring (bicyclic) bond motifs is 1. The fourth-order valence-corrected chi connectivity index (χ4v) is 2.57. The van der Waals surface area contributed by atoms with Crippen molar-refractivity contribution in [1.82, 2.24) is 9.38 Å². The number of hydrogen-bond donors (Lipinski definition) is 0. The number of rotatable bonds is 1. The summed E-state index contributed by atoms with van der Waals surface area (Å²) < 4.78 is 40.5. The highest BCUT2D eigenvalue weighted by Gasteiger charge is 2.38. The van der Waals surface area contributed by atoms with E-state index < -0.39 is 11.9 Å². The fourth-order valence-electron chi connectivity index (χ4n) is 1.85. The maximum atomic E-state index is 13.1. The number of halogens is 3. The van der Waals surface area contributed by atoms with Gasteiger partial charge in [-0.15, -0.1) is 11.3 Å². The maximum absolute atomic E-state index is 13.1. The molecule has 3 heterocycles. The Hall–Kier alpha value is -1.82. The van der Waals surface area contributed by atoms with Crippen LogP contribution in [0.15, 0.2) is 41.9 Å². The third-order valence-electron chi connectivity index (χ3n) is 2.55. The van der Waals surface area contributed by atoms with Crippen molar-refractivity contribution in [3.05, 3.63) is 47.6 Å². The minimum absolute atomic E-state index is 0.0105. The number of nitrogens with zero attached hydrogens (tertiary/aromatic N) is 2. The van der Waals surface area contributed by atoms with Crippen molar-refractivity contribution >= 4 is 17.0 Å². The molecule has 0 saturated heterocycles. The van der Waals surface area contributed by atoms with Gasteiger partial charge in [-0.1, -0.05) is 12.1 Å². The van der Waals surface area contributed by atoms with E-state index in [1.165, 1.54) is 17.5 Å². The van der Waals surface area contributed by atoms with Crippen LogP contribution in [0.3, 0.4) is 0 Å². The zero-order valence-electron chi connectivity index (χ0n) is 8.98. The summed E-state index contributed by atoms with van der Waals surface area (Å²) in [5.41, 5.74) is -0.433. The molecule has 3 aromatic heterocycles. The Labute approximate surface area is 104 Å². The molecule has 0 aliphatic heterocycles. The van der Waals surface area contributed by atoms with Crippen LogP contribution >= 0.6 is 11.3 Å². The summed E-state index contributed by atoms with van der Waals surface area (Å²) in [4.78, 5) is 4.59. The highest BCUT2D eigenvalue weighted by Crippen LogP contribution is 2.38. The standard InChI is InChI=1S/C12H7F3N2S/c13-12(14,15)11-10(8-4-3-7-18-8)16-9-5-1-2-6-17(9)11/h1-7H. The normalized spacial score (nSPS) is 12.2. The summed E-state index contributed by atoms with van der Waals surface area (Å²) in [5, 5.41) is 1.74. The lowest BCUT2D eigenvalue weighted by atomic mass is 10.2. The second kappa shape index (κ2) is 3.84. The van der Waals surface area contributed by atoms with Gasteiger partial charge in [-0.2, -0.15) is 13.2 Å². The van der Waals surface area contributed by atoms with E-state index in [2.05, 4.69) is 4.98 Å². The molecular formula is C12H7F3N2S. The lowest BCUT2D eigenvalue weighted by Gasteiger charge is -2.07. The Morgan fingerprint density at radius 3 is 2.61 bits per heavy atom. The zero-order chi connectivity index (χ0) is 12.8. The van der Waals surface area contributed by atoms with Gasteiger partial charge < -0.3 is 0 Å². The molecule has 0 bridgehead atoms. The topological polar surface area (TPSA) is 17.3 Å². The second-order valence-electron chi connectivity index (χ2n) is 3.71. The highest BCUT2D eigenvalue weighted by atomic mass is 32.1. The maximum Gasteiger partial charge on any atom is 0.434 e. The molecule has 0 atom stereocenters. The third-order valence-corrected chi connectivity index (χ3v) is 3.43. The van der Waals surface area contributed by atoms with Crippen LogP contribution in [0.4, 0.5) is 13.2 Å². The first-order valence-corrected chi connectivity index (χ1v) is 6.03. The molecule has 0 aliphatic carbocycles. The van der Waals surface area contributed by atoms with Crippen molar-refractivity contribution in [2.24, 2.45) is 0 Å². The first kappa shape index (κ1) is 11.3. The minimum Gasteiger partial charge on any atom is -0.295 e. The summed E-state index contributed by atoms with van der Waals surface area (Å²) in [5.74, 6) is 0. The summed E-state index contributed by atoms with van der Waals surface area (Å²) in [6.45, 7) is 0. The molecule has 0 spiro atoms. The van der Waals surface area contributed by atoms with Crippen molar-refractivity contribution in [2.75, 3.05) is 0 Å². The Balaban J connectivity index is 2.38. The van der Waals surface area contributed by atoms with Crippen LogP contribution in [0.1, 0.15) is 5.69 Å². The molecule has 0 unspecified atom stereocenters. The van der Waals surface area contributed by atoms with Gasteiger partial charge in [-0.25, -0.2) is 4.98 Å². The largest absolute Gasteiger partial charge is 0.434 e. The van der Waals surface area contributed by atoms with Crippen LogP contribution in [-0.4, -0.2) is 9.38 Å². The molecule has 0 fully saturated rings. The predicted molar refractivity (Wildman–Crippen MR) is 63.5 cm³/mol. The SMILES string of the molecule is FC(F)(F)c1c(-c2cccs2)nc2ccccn12. The Morgan fingerprint density at radius 2 is 1.94 bits per heavy atom. The van der Waals surface area contributed by atoms with Gasteiger partial charge in [-0.3, -0.25) is 4.40 Å². The Morgan fingerprint density at radius 1 is 1.11 bits per heavy atom. The van der Waals surface area contributed by atoms with Crippen LogP contribution in [0.2, 0.25) is 0 Å². The predicted octanol–water partition coefficient (Wildman–Crippen LogP) is 4.08. The van der Waals surface area contributed by atoms with E-state index in [9.17, 15) is 13.2 Å². The van der Waals surface area contributed by atoms with Gasteiger partial charge in [-0.05, 0) is 23.6 Å². The van der Waals surface area contributed by atoms with Crippen molar-refractivity contribution in [3.8, 4) is 10.6 Å². The smallest absolute Gasteiger partial charge is 0.295 e. The van der Waals surface area contributed by atoms with E-state index in [1.54, 1.807) is 35.7 Å². The first-order valence-electron chi connectivity index (χ1n) is 5.15. The molecule has 0 radical (unpaired) electrons. The van der Waals surface area contributed by atoms with Crippen molar-refractivity contribution in [1.29, 1.82) is 0 Å². The number of thiophene rings is 1. The molecule has 18 heavy (non-hydrogen) atoms. The number of imidazole rings is 1. The first-order chi connectivity index (χ1) is 8.57. The quantitative estimate of drug-likeness (QED) is 0.650. The third kappa shape index (κ3) is 1.69. The van der Waals surface area contributed by atoms with Crippen LogP contribution in [0, 0.1) is 0 Å². The number of hydrogen-bond acceptors (Lipinski definition) is 2. The van der Waals surface area contributed by atoms with Gasteiger partial charge in [0.1, 0.15) is 11.3 Å². The van der Waals surface area contributed by atoms with Gasteiger partial charge in [0.2, 0.25) is 0 Å². The molecule has 0 N–H and O–H groups in total. The molecule has 92 valence electrons. The molecule has 3 aromatic rings. The Kier molecular flexibility index (Phi) is 2.41. The van der Waals surface area contributed by atoms with Crippen LogP contribution in [-0.2, 0) is 6.18 Å². The van der Waals surface area contributed by atoms with Crippen molar-refractivity contribution in [3.63, 3.8) is 0 Å². The van der Waals surface area contributed by atoms with E-state index in [4.69, 9.17) is 0 Å². The van der Waals surface area contributed by atoms with E-state index in [1.807, 2.05) is 0 Å². The highest BCUT2D eigenvalue weighted by molar-refractivity contribution is 7.13. The molecule has 0 saturated carbocycles. The monoisotopic (exact) mass is 268 g/mol. The zero-order valence-corrected chi connectivity index (χ0v) is 9.79. The molecular weight excluding hydrogens is 261 g/mol. The van der Waals surface area contributed by atoms with Gasteiger partial charge >= 0.3 is 6.18 Å². The molecule has 3 rings (SSSR count). The lowest BCUT2D eigenvalue weighted by molar-refractivity contribution is -0.141. The molecule has 2 nitrogen and oxygen atoms in total. The van der Waals surface area contributed by atoms with Gasteiger partial charge in [0, 0.05) is 6.20 Å². The average molecular weight is 268 g/mol. The lowest BCUT2D eigenvalue weighted by Crippen LogP contribution is -2.10. The minimum atomic E-state index is -4.43. The van der Waals surface area contributed by atoms with Crippen LogP contribution < -0.4 is 0 Å². The molecule has 0 amide bonds. The van der Waals surface area contributed by atoms with Crippen molar-refractivity contribution in [2.45, 2.75) is 6.18 Å². The Bertz CT molecular complexity index is 683. The molecule has 0 aliphatic rings. The van der Waals surface area contributed by atoms with E-state index in [0.29, 0.717) is 10.5 Å². The van der Waals surface area contributed by atoms with Crippen LogP contribution in [0.25, 0.3) is 16.2 Å². The summed E-state index contributed by atoms with van der Waals surface area (Å²) in [6, 6.07) is 8.14. The number of pyridine rings is 1. The summed E-state index contributed by atoms with van der Waals surface area (Å²) >= 11 is 1.25. The summed E-state index contributed by atoms with van der Waals surface area (Å²) in [6.07, 6.45) is -3.05. The van der Waals surface area contributed by atoms with Gasteiger partial charge in [0.05, 0.1) is 4.88 Å². The average Bonchev–Trinajstić information content (AvgIpc) is 2.94. The number of alkyl halides is 3. The van der Waals surface area contributed by atoms with Crippen LogP contribution in [0.5, 0.6) is 0 Å². The fraction of sp³-hybridized carbons (Fsp3) is 0.0833. The van der Waals surface area contributed by atoms with E-state index in [-0.39, 0.29) is 5.69 Å². The summed E-state index contributed by atoms with van der Waals surface area (Å²) in [7, 11) is 0. The molecule has 6 heteroatoms. The number of aromatic nitrogens is 2. The van der Waals surface area contributed by atoms with Crippen molar-refractivity contribution < 1.29 is 13.2 Å². The second-order valence-corrected chi connectivity index (χ2v) is 4.66. The van der Waals surface area contributed by atoms with Gasteiger partial charge in [0.15, 0.2) is 5.69 Å². The van der Waals surface area contributed by atoms with E-state index in [0.717, 1.165) is 4.40 Å². The van der Waals surface area contributed by atoms with E-state index >= 15 is 0 Å².